The summed E-state index contributed by atoms with van der Waals surface area (Å²) < 4.78 is 0. The van der Waals surface area contributed by atoms with Crippen molar-refractivity contribution in [3.05, 3.63) is 295 Å². The SMILES string of the molecule is C1=C(c2ccc(-c3ccccc3)cc2)N=C(c2ccc(-c3ccc(N(c4ccc(-c5ccccc5)cc4)c4ccc(-c5ccccc5)cc4)cc3)cc2)[N-]C1c1ccc(-c2ccccc2)cc1. The van der Waals surface area contributed by atoms with Crippen LogP contribution in [0.1, 0.15) is 22.7 Å². The molecule has 3 nitrogen and oxygen atoms in total. The molecule has 0 spiro atoms. The maximum atomic E-state index is 5.27. The molecule has 10 aromatic carbocycles. The molecule has 67 heavy (non-hydrogen) atoms. The summed E-state index contributed by atoms with van der Waals surface area (Å²) in [5.74, 6) is 0.718. The van der Waals surface area contributed by atoms with Crippen LogP contribution in [0.3, 0.4) is 0 Å². The highest BCUT2D eigenvalue weighted by molar-refractivity contribution is 6.12. The topological polar surface area (TPSA) is 29.7 Å². The summed E-state index contributed by atoms with van der Waals surface area (Å²) in [7, 11) is 0. The van der Waals surface area contributed by atoms with E-state index in [1.165, 1.54) is 44.5 Å². The first kappa shape index (κ1) is 40.9. The lowest BCUT2D eigenvalue weighted by Gasteiger charge is -2.33. The lowest BCUT2D eigenvalue weighted by atomic mass is 9.96. The maximum absolute atomic E-state index is 5.27. The number of anilines is 3. The van der Waals surface area contributed by atoms with Crippen molar-refractivity contribution in [1.82, 2.24) is 0 Å². The second-order valence-corrected chi connectivity index (χ2v) is 16.8. The summed E-state index contributed by atoms with van der Waals surface area (Å²) in [6, 6.07) is 94.5. The molecule has 1 aliphatic rings. The van der Waals surface area contributed by atoms with Gasteiger partial charge in [0.2, 0.25) is 0 Å². The van der Waals surface area contributed by atoms with E-state index in [9.17, 15) is 0 Å². The highest BCUT2D eigenvalue weighted by Crippen LogP contribution is 2.40. The zero-order valence-electron chi connectivity index (χ0n) is 36.9. The molecule has 11 rings (SSSR count). The molecule has 0 fully saturated rings. The monoisotopic (exact) mass is 856 g/mol. The van der Waals surface area contributed by atoms with Gasteiger partial charge in [-0.05, 0) is 114 Å². The quantitative estimate of drug-likeness (QED) is 0.127. The minimum Gasteiger partial charge on any atom is -0.454 e. The number of rotatable bonds is 11. The number of benzene rings is 10. The third-order valence-corrected chi connectivity index (χ3v) is 12.5. The van der Waals surface area contributed by atoms with Gasteiger partial charge in [0.05, 0.1) is 0 Å². The molecular formula is C64H46N3-. The molecule has 1 unspecified atom stereocenters. The molecule has 0 N–H and O–H groups in total. The van der Waals surface area contributed by atoms with Crippen LogP contribution in [0.2, 0.25) is 0 Å². The van der Waals surface area contributed by atoms with Gasteiger partial charge in [-0.3, -0.25) is 0 Å². The molecule has 0 radical (unpaired) electrons. The Kier molecular flexibility index (Phi) is 11.5. The first-order valence-corrected chi connectivity index (χ1v) is 22.8. The molecule has 318 valence electrons. The summed E-state index contributed by atoms with van der Waals surface area (Å²) in [6.07, 6.45) is 2.19. The van der Waals surface area contributed by atoms with Gasteiger partial charge in [0.25, 0.3) is 0 Å². The maximum Gasteiger partial charge on any atom is 0.0462 e. The van der Waals surface area contributed by atoms with Gasteiger partial charge in [-0.15, -0.1) is 0 Å². The van der Waals surface area contributed by atoms with Gasteiger partial charge in [-0.25, -0.2) is 0 Å². The second kappa shape index (κ2) is 18.7. The van der Waals surface area contributed by atoms with Crippen molar-refractivity contribution in [3.8, 4) is 55.6 Å². The minimum atomic E-state index is -0.194. The Hall–Kier alpha value is -8.79. The fourth-order valence-electron chi connectivity index (χ4n) is 8.87. The van der Waals surface area contributed by atoms with Gasteiger partial charge in [-0.1, -0.05) is 242 Å². The smallest absolute Gasteiger partial charge is 0.0462 e. The number of aliphatic imine (C=N–C) groups is 1. The van der Waals surface area contributed by atoms with Gasteiger partial charge in [0.15, 0.2) is 0 Å². The van der Waals surface area contributed by atoms with Crippen molar-refractivity contribution >= 4 is 28.6 Å². The number of hydrogen-bond donors (Lipinski definition) is 0. The molecule has 0 aromatic heterocycles. The molecule has 0 saturated heterocycles. The Morgan fingerprint density at radius 3 is 0.881 bits per heavy atom. The van der Waals surface area contributed by atoms with Crippen LogP contribution in [0.4, 0.5) is 17.1 Å². The Morgan fingerprint density at radius 2 is 0.537 bits per heavy atom. The van der Waals surface area contributed by atoms with Gasteiger partial charge < -0.3 is 15.2 Å². The average Bonchev–Trinajstić information content (AvgIpc) is 3.42. The van der Waals surface area contributed by atoms with E-state index in [1.807, 2.05) is 6.07 Å². The number of amidine groups is 1. The average molecular weight is 857 g/mol. The van der Waals surface area contributed by atoms with Crippen molar-refractivity contribution in [2.45, 2.75) is 6.04 Å². The lowest BCUT2D eigenvalue weighted by Crippen LogP contribution is -2.10. The van der Waals surface area contributed by atoms with E-state index >= 15 is 0 Å². The summed E-state index contributed by atoms with van der Waals surface area (Å²) in [5.41, 5.74) is 19.1. The fourth-order valence-corrected chi connectivity index (χ4v) is 8.87. The molecule has 3 heteroatoms. The molecular weight excluding hydrogens is 811 g/mol. The zero-order valence-corrected chi connectivity index (χ0v) is 36.9. The van der Waals surface area contributed by atoms with Crippen LogP contribution in [-0.4, -0.2) is 5.84 Å². The van der Waals surface area contributed by atoms with Gasteiger partial charge >= 0.3 is 0 Å². The summed E-state index contributed by atoms with van der Waals surface area (Å²) in [5, 5.41) is 5.27. The number of hydrogen-bond acceptors (Lipinski definition) is 2. The van der Waals surface area contributed by atoms with Crippen LogP contribution in [0, 0.1) is 0 Å². The molecule has 0 saturated carbocycles. The third kappa shape index (κ3) is 9.00. The van der Waals surface area contributed by atoms with E-state index in [0.717, 1.165) is 56.4 Å². The van der Waals surface area contributed by atoms with Crippen molar-refractivity contribution in [3.63, 3.8) is 0 Å². The molecule has 0 bridgehead atoms. The summed E-state index contributed by atoms with van der Waals surface area (Å²) in [4.78, 5) is 7.53. The van der Waals surface area contributed by atoms with Crippen LogP contribution in [0.15, 0.2) is 278 Å². The van der Waals surface area contributed by atoms with Crippen molar-refractivity contribution < 1.29 is 0 Å². The first-order chi connectivity index (χ1) is 33.2. The van der Waals surface area contributed by atoms with Crippen molar-refractivity contribution in [1.29, 1.82) is 0 Å². The lowest BCUT2D eigenvalue weighted by molar-refractivity contribution is 1.04. The molecule has 0 aliphatic carbocycles. The molecule has 1 atom stereocenters. The zero-order chi connectivity index (χ0) is 44.8. The van der Waals surface area contributed by atoms with Gasteiger partial charge in [0.1, 0.15) is 0 Å². The fraction of sp³-hybridized carbons (Fsp3) is 0.0156. The van der Waals surface area contributed by atoms with Crippen LogP contribution >= 0.6 is 0 Å². The first-order valence-electron chi connectivity index (χ1n) is 22.8. The van der Waals surface area contributed by atoms with Crippen molar-refractivity contribution in [2.24, 2.45) is 4.99 Å². The molecule has 10 aromatic rings. The minimum absolute atomic E-state index is 0.194. The van der Waals surface area contributed by atoms with E-state index in [-0.39, 0.29) is 6.04 Å². The number of nitrogens with zero attached hydrogens (tertiary/aromatic N) is 3. The van der Waals surface area contributed by atoms with Gasteiger partial charge in [0, 0.05) is 23.1 Å². The molecule has 0 amide bonds. The highest BCUT2D eigenvalue weighted by atomic mass is 15.1. The van der Waals surface area contributed by atoms with Crippen LogP contribution in [-0.2, 0) is 0 Å². The Bertz CT molecular complexity index is 3190. The molecule has 1 aliphatic heterocycles. The predicted molar refractivity (Wildman–Crippen MR) is 282 cm³/mol. The van der Waals surface area contributed by atoms with Crippen LogP contribution in [0.5, 0.6) is 0 Å². The van der Waals surface area contributed by atoms with Crippen LogP contribution < -0.4 is 4.90 Å². The van der Waals surface area contributed by atoms with Gasteiger partial charge in [-0.2, -0.15) is 0 Å². The molecule has 1 heterocycles. The van der Waals surface area contributed by atoms with E-state index in [4.69, 9.17) is 10.3 Å². The summed E-state index contributed by atoms with van der Waals surface area (Å²) >= 11 is 0. The standard InChI is InChI=1S/C64H46N3/c1-5-13-46(14-6-1)50-21-27-56(28-22-50)62-45-63(57-29-23-51(24-30-57)47-15-7-2-8-16-47)66-64(65-62)58-31-25-52(26-32-58)55-37-43-61(44-38-55)67(59-39-33-53(34-40-59)48-17-9-3-10-18-48)60-41-35-54(36-42-60)49-19-11-4-12-20-49/h1-45,62H/q-1. The second-order valence-electron chi connectivity index (χ2n) is 16.8. The Morgan fingerprint density at radius 1 is 0.269 bits per heavy atom. The van der Waals surface area contributed by atoms with E-state index in [2.05, 4.69) is 272 Å². The largest absolute Gasteiger partial charge is 0.454 e. The normalized spacial score (nSPS) is 13.2. The third-order valence-electron chi connectivity index (χ3n) is 12.5. The predicted octanol–water partition coefficient (Wildman–Crippen LogP) is 17.4. The summed E-state index contributed by atoms with van der Waals surface area (Å²) in [6.45, 7) is 0. The van der Waals surface area contributed by atoms with E-state index in [0.29, 0.717) is 0 Å². The van der Waals surface area contributed by atoms with E-state index < -0.39 is 0 Å². The van der Waals surface area contributed by atoms with E-state index in [1.54, 1.807) is 0 Å². The van der Waals surface area contributed by atoms with Crippen LogP contribution in [0.25, 0.3) is 66.6 Å². The Labute approximate surface area is 393 Å². The highest BCUT2D eigenvalue weighted by Gasteiger charge is 2.16. The van der Waals surface area contributed by atoms with Crippen molar-refractivity contribution in [2.75, 3.05) is 4.90 Å². The Balaban J connectivity index is 0.882.